The molecule has 0 saturated carbocycles. The summed E-state index contributed by atoms with van der Waals surface area (Å²) in [6.07, 6.45) is 0. The Morgan fingerprint density at radius 2 is 1.19 bits per heavy atom. The zero-order valence-corrected chi connectivity index (χ0v) is 20.6. The smallest absolute Gasteiger partial charge is 0.249 e. The number of ether oxygens (including phenoxy) is 1. The van der Waals surface area contributed by atoms with Gasteiger partial charge < -0.3 is 14.7 Å². The summed E-state index contributed by atoms with van der Waals surface area (Å²) < 4.78 is 5.38. The molecule has 182 valence electrons. The van der Waals surface area contributed by atoms with Crippen molar-refractivity contribution < 1.29 is 4.74 Å². The van der Waals surface area contributed by atoms with E-state index < -0.39 is 0 Å². The summed E-state index contributed by atoms with van der Waals surface area (Å²) in [6, 6.07) is 34.8. The molecule has 2 aromatic heterocycles. The van der Waals surface area contributed by atoms with E-state index in [-0.39, 0.29) is 11.1 Å². The average molecular weight is 487 g/mol. The molecule has 0 spiro atoms. The lowest BCUT2D eigenvalue weighted by atomic mass is 10.0. The molecule has 0 radical (unpaired) electrons. The van der Waals surface area contributed by atoms with Gasteiger partial charge in [0.15, 0.2) is 0 Å². The number of pyridine rings is 2. The standard InChI is InChI=1S/C16H13NO2.C16H13NO/c1-19-15-9-5-3-7-12(15)13-10-16(18)17-14-8-4-2-6-11(13)14;1-11-7-8-15-14(9-11)13(10-16(18)17-15)12-5-3-2-4-6-12/h2-10H,1H3,(H,17,18);2-10H,1H3,(H,17,18). The van der Waals surface area contributed by atoms with Crippen LogP contribution in [0.4, 0.5) is 0 Å². The first-order valence-electron chi connectivity index (χ1n) is 12.0. The Morgan fingerprint density at radius 1 is 0.568 bits per heavy atom. The van der Waals surface area contributed by atoms with Gasteiger partial charge in [-0.2, -0.15) is 0 Å². The molecule has 0 fully saturated rings. The highest BCUT2D eigenvalue weighted by Crippen LogP contribution is 2.33. The van der Waals surface area contributed by atoms with Crippen molar-refractivity contribution in [3.8, 4) is 28.0 Å². The fourth-order valence-corrected chi connectivity index (χ4v) is 4.52. The zero-order valence-electron chi connectivity index (χ0n) is 20.6. The van der Waals surface area contributed by atoms with E-state index in [0.29, 0.717) is 0 Å². The molecule has 0 saturated heterocycles. The molecular weight excluding hydrogens is 460 g/mol. The minimum atomic E-state index is -0.111. The number of hydrogen-bond acceptors (Lipinski definition) is 3. The van der Waals surface area contributed by atoms with E-state index in [2.05, 4.69) is 23.0 Å². The summed E-state index contributed by atoms with van der Waals surface area (Å²) in [4.78, 5) is 29.2. The minimum absolute atomic E-state index is 0.0646. The third-order valence-corrected chi connectivity index (χ3v) is 6.23. The quantitative estimate of drug-likeness (QED) is 0.292. The van der Waals surface area contributed by atoms with Crippen LogP contribution in [0.25, 0.3) is 44.1 Å². The fraction of sp³-hybridized carbons (Fsp3) is 0.0625. The van der Waals surface area contributed by atoms with Crippen molar-refractivity contribution in [2.45, 2.75) is 6.92 Å². The van der Waals surface area contributed by atoms with Crippen LogP contribution in [0.5, 0.6) is 5.75 Å². The predicted octanol–water partition coefficient (Wildman–Crippen LogP) is 6.71. The van der Waals surface area contributed by atoms with E-state index >= 15 is 0 Å². The predicted molar refractivity (Wildman–Crippen MR) is 151 cm³/mol. The number of fused-ring (bicyclic) bond motifs is 2. The van der Waals surface area contributed by atoms with Crippen LogP contribution in [0, 0.1) is 6.92 Å². The van der Waals surface area contributed by atoms with E-state index in [1.54, 1.807) is 19.2 Å². The molecule has 37 heavy (non-hydrogen) atoms. The van der Waals surface area contributed by atoms with Gasteiger partial charge in [0.25, 0.3) is 0 Å². The topological polar surface area (TPSA) is 75.0 Å². The Kier molecular flexibility index (Phi) is 6.68. The number of aromatic amines is 2. The number of benzene rings is 4. The van der Waals surface area contributed by atoms with E-state index in [1.807, 2.05) is 91.0 Å². The Morgan fingerprint density at radius 3 is 1.95 bits per heavy atom. The van der Waals surface area contributed by atoms with Crippen LogP contribution in [0.15, 0.2) is 119 Å². The van der Waals surface area contributed by atoms with Gasteiger partial charge in [-0.05, 0) is 42.3 Å². The highest BCUT2D eigenvalue weighted by atomic mass is 16.5. The summed E-state index contributed by atoms with van der Waals surface area (Å²) in [6.45, 7) is 2.05. The van der Waals surface area contributed by atoms with Gasteiger partial charge in [-0.3, -0.25) is 9.59 Å². The van der Waals surface area contributed by atoms with Crippen LogP contribution in [0.1, 0.15) is 5.56 Å². The number of para-hydroxylation sites is 2. The molecule has 6 aromatic rings. The summed E-state index contributed by atoms with van der Waals surface area (Å²) >= 11 is 0. The number of rotatable bonds is 3. The van der Waals surface area contributed by atoms with E-state index in [9.17, 15) is 9.59 Å². The fourth-order valence-electron chi connectivity index (χ4n) is 4.52. The maximum absolute atomic E-state index is 11.8. The molecule has 0 atom stereocenters. The Labute approximate surface area is 214 Å². The van der Waals surface area contributed by atoms with Gasteiger partial charge >= 0.3 is 0 Å². The second kappa shape index (κ2) is 10.4. The van der Waals surface area contributed by atoms with Crippen LogP contribution in [-0.4, -0.2) is 17.1 Å². The number of aromatic nitrogens is 2. The molecule has 6 rings (SSSR count). The van der Waals surface area contributed by atoms with Crippen molar-refractivity contribution in [1.29, 1.82) is 0 Å². The maximum Gasteiger partial charge on any atom is 0.249 e. The molecule has 5 heteroatoms. The number of methoxy groups -OCH3 is 1. The lowest BCUT2D eigenvalue weighted by Crippen LogP contribution is -2.05. The molecule has 2 N–H and O–H groups in total. The van der Waals surface area contributed by atoms with Crippen molar-refractivity contribution in [2.75, 3.05) is 7.11 Å². The molecule has 0 amide bonds. The third kappa shape index (κ3) is 5.07. The van der Waals surface area contributed by atoms with Gasteiger partial charge in [0.05, 0.1) is 7.11 Å². The highest BCUT2D eigenvalue weighted by Gasteiger charge is 2.10. The van der Waals surface area contributed by atoms with Gasteiger partial charge in [0.1, 0.15) is 5.75 Å². The number of nitrogens with one attached hydrogen (secondary N) is 2. The van der Waals surface area contributed by atoms with Crippen molar-refractivity contribution in [3.05, 3.63) is 135 Å². The first-order chi connectivity index (χ1) is 18.0. The van der Waals surface area contributed by atoms with Gasteiger partial charge in [-0.1, -0.05) is 78.4 Å². The molecule has 0 aliphatic heterocycles. The summed E-state index contributed by atoms with van der Waals surface area (Å²) in [5, 5.41) is 2.09. The Bertz CT molecular complexity index is 1820. The lowest BCUT2D eigenvalue weighted by Gasteiger charge is -2.10. The monoisotopic (exact) mass is 486 g/mol. The Hall–Kier alpha value is -4.90. The molecular formula is C32H26N2O3. The maximum atomic E-state index is 11.8. The van der Waals surface area contributed by atoms with E-state index in [4.69, 9.17) is 4.74 Å². The highest BCUT2D eigenvalue weighted by molar-refractivity contribution is 5.96. The molecule has 0 unspecified atom stereocenters. The average Bonchev–Trinajstić information content (AvgIpc) is 2.93. The summed E-state index contributed by atoms with van der Waals surface area (Å²) in [7, 11) is 1.63. The normalized spacial score (nSPS) is 10.6. The van der Waals surface area contributed by atoms with Gasteiger partial charge in [-0.15, -0.1) is 0 Å². The van der Waals surface area contributed by atoms with Crippen LogP contribution >= 0.6 is 0 Å². The van der Waals surface area contributed by atoms with Crippen LogP contribution in [0.3, 0.4) is 0 Å². The number of H-pyrrole nitrogens is 2. The Balaban J connectivity index is 0.000000152. The number of hydrogen-bond donors (Lipinski definition) is 2. The largest absolute Gasteiger partial charge is 0.496 e. The van der Waals surface area contributed by atoms with Gasteiger partial charge in [0.2, 0.25) is 11.1 Å². The first-order valence-corrected chi connectivity index (χ1v) is 12.0. The molecule has 2 heterocycles. The summed E-state index contributed by atoms with van der Waals surface area (Å²) in [5.41, 5.74) is 6.58. The third-order valence-electron chi connectivity index (χ3n) is 6.23. The van der Waals surface area contributed by atoms with Crippen molar-refractivity contribution in [2.24, 2.45) is 0 Å². The van der Waals surface area contributed by atoms with E-state index in [0.717, 1.165) is 49.8 Å². The van der Waals surface area contributed by atoms with Crippen molar-refractivity contribution in [1.82, 2.24) is 9.97 Å². The lowest BCUT2D eigenvalue weighted by molar-refractivity contribution is 0.416. The molecule has 0 aliphatic rings. The first kappa shape index (κ1) is 23.8. The van der Waals surface area contributed by atoms with Gasteiger partial charge in [0, 0.05) is 45.1 Å². The van der Waals surface area contributed by atoms with Gasteiger partial charge in [-0.25, -0.2) is 0 Å². The van der Waals surface area contributed by atoms with Crippen LogP contribution in [0.2, 0.25) is 0 Å². The molecule has 0 bridgehead atoms. The second-order valence-corrected chi connectivity index (χ2v) is 8.76. The number of aryl methyl sites for hydroxylation is 1. The second-order valence-electron chi connectivity index (χ2n) is 8.76. The van der Waals surface area contributed by atoms with E-state index in [1.165, 1.54) is 5.56 Å². The molecule has 0 aliphatic carbocycles. The zero-order chi connectivity index (χ0) is 25.8. The molecule has 4 aromatic carbocycles. The SMILES string of the molecule is COc1ccccc1-c1cc(=O)[nH]c2ccccc12.Cc1ccc2[nH]c(=O)cc(-c3ccccc3)c2c1. The van der Waals surface area contributed by atoms with Crippen molar-refractivity contribution in [3.63, 3.8) is 0 Å². The van der Waals surface area contributed by atoms with Crippen LogP contribution in [-0.2, 0) is 0 Å². The minimum Gasteiger partial charge on any atom is -0.496 e. The van der Waals surface area contributed by atoms with Crippen molar-refractivity contribution >= 4 is 21.8 Å². The summed E-state index contributed by atoms with van der Waals surface area (Å²) in [5.74, 6) is 0.762. The molecule has 5 nitrogen and oxygen atoms in total. The van der Waals surface area contributed by atoms with Crippen LogP contribution < -0.4 is 15.9 Å².